The summed E-state index contributed by atoms with van der Waals surface area (Å²) in [7, 11) is 0. The highest BCUT2D eigenvalue weighted by molar-refractivity contribution is 4.87. The van der Waals surface area contributed by atoms with Gasteiger partial charge in [-0.3, -0.25) is 0 Å². The Kier molecular flexibility index (Phi) is 4.32. The fraction of sp³-hybridized carbons (Fsp3) is 1.00. The van der Waals surface area contributed by atoms with Gasteiger partial charge in [-0.25, -0.2) is 0 Å². The molecule has 0 rings (SSSR count). The summed E-state index contributed by atoms with van der Waals surface area (Å²) >= 11 is 0. The zero-order valence-corrected chi connectivity index (χ0v) is 8.74. The lowest BCUT2D eigenvalue weighted by molar-refractivity contribution is -0.163. The molecular formula is C9H20O4. The van der Waals surface area contributed by atoms with Crippen LogP contribution in [0.3, 0.4) is 0 Å². The molecule has 0 bridgehead atoms. The Labute approximate surface area is 79.2 Å². The summed E-state index contributed by atoms with van der Waals surface area (Å²) < 4.78 is 5.29. The van der Waals surface area contributed by atoms with Gasteiger partial charge in [-0.1, -0.05) is 0 Å². The fourth-order valence-corrected chi connectivity index (χ4v) is 0.534. The zero-order valence-electron chi connectivity index (χ0n) is 8.74. The van der Waals surface area contributed by atoms with Crippen LogP contribution < -0.4 is 0 Å². The Hall–Kier alpha value is -0.160. The summed E-state index contributed by atoms with van der Waals surface area (Å²) in [5.74, 6) is 0. The second-order valence-corrected chi connectivity index (χ2v) is 4.22. The van der Waals surface area contributed by atoms with Crippen molar-refractivity contribution < 1.29 is 20.1 Å². The van der Waals surface area contributed by atoms with E-state index < -0.39 is 17.3 Å². The van der Waals surface area contributed by atoms with E-state index in [1.807, 2.05) is 0 Å². The van der Waals surface area contributed by atoms with Crippen LogP contribution >= 0.6 is 0 Å². The predicted molar refractivity (Wildman–Crippen MR) is 49.4 cm³/mol. The molecule has 0 amide bonds. The summed E-state index contributed by atoms with van der Waals surface area (Å²) in [6.45, 7) is 6.43. The zero-order chi connectivity index (χ0) is 10.7. The Balaban J connectivity index is 4.04. The molecule has 13 heavy (non-hydrogen) atoms. The molecule has 0 aliphatic carbocycles. The first-order valence-electron chi connectivity index (χ1n) is 4.36. The Morgan fingerprint density at radius 3 is 2.00 bits per heavy atom. The molecule has 0 aliphatic rings. The van der Waals surface area contributed by atoms with Crippen molar-refractivity contribution >= 4 is 0 Å². The van der Waals surface area contributed by atoms with E-state index >= 15 is 0 Å². The molecule has 1 unspecified atom stereocenters. The van der Waals surface area contributed by atoms with Crippen LogP contribution in [0.15, 0.2) is 0 Å². The Bertz CT molecular complexity index is 148. The SMILES string of the molecule is CC(C)(O)C(C)(C)OCC(O)CO. The number of aliphatic hydroxyl groups is 3. The van der Waals surface area contributed by atoms with Gasteiger partial charge in [0.25, 0.3) is 0 Å². The van der Waals surface area contributed by atoms with Gasteiger partial charge in [-0.15, -0.1) is 0 Å². The van der Waals surface area contributed by atoms with E-state index in [0.717, 1.165) is 0 Å². The molecule has 0 saturated carbocycles. The predicted octanol–water partition coefficient (Wildman–Crippen LogP) is -0.0943. The standard InChI is InChI=1S/C9H20O4/c1-8(2,12)9(3,4)13-6-7(11)5-10/h7,10-12H,5-6H2,1-4H3. The lowest BCUT2D eigenvalue weighted by Crippen LogP contribution is -2.48. The van der Waals surface area contributed by atoms with Crippen molar-refractivity contribution in [1.82, 2.24) is 0 Å². The smallest absolute Gasteiger partial charge is 0.100 e. The van der Waals surface area contributed by atoms with E-state index in [9.17, 15) is 5.11 Å². The molecule has 4 heteroatoms. The normalized spacial score (nSPS) is 15.9. The third kappa shape index (κ3) is 4.04. The molecule has 0 heterocycles. The highest BCUT2D eigenvalue weighted by Gasteiger charge is 2.36. The first kappa shape index (κ1) is 12.8. The number of ether oxygens (including phenoxy) is 1. The lowest BCUT2D eigenvalue weighted by Gasteiger charge is -2.37. The van der Waals surface area contributed by atoms with Crippen LogP contribution in [-0.2, 0) is 4.74 Å². The summed E-state index contributed by atoms with van der Waals surface area (Å²) in [4.78, 5) is 0. The molecule has 0 fully saturated rings. The molecule has 1 atom stereocenters. The average Bonchev–Trinajstić information content (AvgIpc) is 1.98. The molecule has 80 valence electrons. The Morgan fingerprint density at radius 2 is 1.69 bits per heavy atom. The van der Waals surface area contributed by atoms with Crippen molar-refractivity contribution in [3.8, 4) is 0 Å². The molecule has 0 aliphatic heterocycles. The molecule has 0 aromatic rings. The van der Waals surface area contributed by atoms with Gasteiger partial charge in [0.15, 0.2) is 0 Å². The van der Waals surface area contributed by atoms with Gasteiger partial charge >= 0.3 is 0 Å². The van der Waals surface area contributed by atoms with E-state index in [0.29, 0.717) is 0 Å². The number of hydrogen-bond acceptors (Lipinski definition) is 4. The molecule has 0 saturated heterocycles. The maximum absolute atomic E-state index is 9.66. The third-order valence-electron chi connectivity index (χ3n) is 2.32. The highest BCUT2D eigenvalue weighted by atomic mass is 16.5. The molecule has 3 N–H and O–H groups in total. The van der Waals surface area contributed by atoms with E-state index in [4.69, 9.17) is 14.9 Å². The summed E-state index contributed by atoms with van der Waals surface area (Å²) in [6.07, 6.45) is -0.887. The maximum atomic E-state index is 9.66. The maximum Gasteiger partial charge on any atom is 0.100 e. The Morgan fingerprint density at radius 1 is 1.23 bits per heavy atom. The topological polar surface area (TPSA) is 69.9 Å². The molecule has 0 radical (unpaired) electrons. The molecule has 0 aromatic carbocycles. The van der Waals surface area contributed by atoms with Crippen LogP contribution in [0.2, 0.25) is 0 Å². The van der Waals surface area contributed by atoms with E-state index in [-0.39, 0.29) is 13.2 Å². The quantitative estimate of drug-likeness (QED) is 0.569. The molecule has 0 spiro atoms. The van der Waals surface area contributed by atoms with Crippen LogP contribution in [0.5, 0.6) is 0 Å². The minimum atomic E-state index is -0.984. The van der Waals surface area contributed by atoms with Crippen molar-refractivity contribution in [3.05, 3.63) is 0 Å². The minimum absolute atomic E-state index is 0.0213. The highest BCUT2D eigenvalue weighted by Crippen LogP contribution is 2.24. The number of aliphatic hydroxyl groups excluding tert-OH is 2. The second-order valence-electron chi connectivity index (χ2n) is 4.22. The summed E-state index contributed by atoms with van der Waals surface area (Å²) in [6, 6.07) is 0. The van der Waals surface area contributed by atoms with Crippen LogP contribution in [0, 0.1) is 0 Å². The summed E-state index contributed by atoms with van der Waals surface area (Å²) in [5.41, 5.74) is -1.73. The first-order valence-corrected chi connectivity index (χ1v) is 4.36. The van der Waals surface area contributed by atoms with Crippen molar-refractivity contribution in [2.75, 3.05) is 13.2 Å². The van der Waals surface area contributed by atoms with Crippen molar-refractivity contribution in [3.63, 3.8) is 0 Å². The van der Waals surface area contributed by atoms with Crippen LogP contribution in [0.1, 0.15) is 27.7 Å². The van der Waals surface area contributed by atoms with Crippen LogP contribution in [0.25, 0.3) is 0 Å². The van der Waals surface area contributed by atoms with Gasteiger partial charge in [0.2, 0.25) is 0 Å². The molecule has 4 nitrogen and oxygen atoms in total. The van der Waals surface area contributed by atoms with Crippen LogP contribution in [-0.4, -0.2) is 45.8 Å². The van der Waals surface area contributed by atoms with E-state index in [1.54, 1.807) is 27.7 Å². The molecular weight excluding hydrogens is 172 g/mol. The van der Waals surface area contributed by atoms with Gasteiger partial charge in [-0.2, -0.15) is 0 Å². The number of rotatable bonds is 5. The minimum Gasteiger partial charge on any atom is -0.394 e. The van der Waals surface area contributed by atoms with Crippen molar-refractivity contribution in [2.45, 2.75) is 45.0 Å². The average molecular weight is 192 g/mol. The molecule has 0 aromatic heterocycles. The first-order chi connectivity index (χ1) is 5.70. The third-order valence-corrected chi connectivity index (χ3v) is 2.32. The van der Waals surface area contributed by atoms with Gasteiger partial charge in [0.05, 0.1) is 24.4 Å². The monoisotopic (exact) mass is 192 g/mol. The van der Waals surface area contributed by atoms with Gasteiger partial charge < -0.3 is 20.1 Å². The summed E-state index contributed by atoms with van der Waals surface area (Å²) in [5, 5.41) is 27.2. The largest absolute Gasteiger partial charge is 0.394 e. The van der Waals surface area contributed by atoms with Crippen molar-refractivity contribution in [1.29, 1.82) is 0 Å². The fourth-order valence-electron chi connectivity index (χ4n) is 0.534. The van der Waals surface area contributed by atoms with Crippen molar-refractivity contribution in [2.24, 2.45) is 0 Å². The van der Waals surface area contributed by atoms with Gasteiger partial charge in [0.1, 0.15) is 6.10 Å². The number of hydrogen-bond donors (Lipinski definition) is 3. The van der Waals surface area contributed by atoms with E-state index in [1.165, 1.54) is 0 Å². The van der Waals surface area contributed by atoms with E-state index in [2.05, 4.69) is 0 Å². The van der Waals surface area contributed by atoms with Gasteiger partial charge in [-0.05, 0) is 27.7 Å². The lowest BCUT2D eigenvalue weighted by atomic mass is 9.89. The van der Waals surface area contributed by atoms with Crippen LogP contribution in [0.4, 0.5) is 0 Å². The van der Waals surface area contributed by atoms with Gasteiger partial charge in [0, 0.05) is 0 Å². The second kappa shape index (κ2) is 4.37.